The van der Waals surface area contributed by atoms with Crippen LogP contribution in [0.4, 0.5) is 5.69 Å². The lowest BCUT2D eigenvalue weighted by molar-refractivity contribution is 0.669. The van der Waals surface area contributed by atoms with E-state index in [0.29, 0.717) is 0 Å². The topological polar surface area (TPSA) is 16.4 Å². The summed E-state index contributed by atoms with van der Waals surface area (Å²) in [5.74, 6) is 0.141. The molecule has 0 N–H and O–H groups in total. The average molecular weight is 640 g/mol. The minimum atomic E-state index is 0.141. The molecule has 0 aliphatic carbocycles. The number of anilines is 1. The monoisotopic (exact) mass is 639 g/mol. The molecule has 2 heteroatoms. The zero-order chi connectivity index (χ0) is 34.0. The molecule has 1 aromatic heterocycles. The molecule has 1 heterocycles. The summed E-state index contributed by atoms with van der Waals surface area (Å²) in [4.78, 5) is 2.22. The molecular weight excluding hydrogens is 595 g/mol. The van der Waals surface area contributed by atoms with Gasteiger partial charge in [-0.2, -0.15) is 0 Å². The molecular formula is C47H45NO. The maximum absolute atomic E-state index is 6.57. The van der Waals surface area contributed by atoms with Crippen LogP contribution in [0.15, 0.2) is 181 Å². The number of furan rings is 1. The van der Waals surface area contributed by atoms with Crippen molar-refractivity contribution < 1.29 is 4.42 Å². The van der Waals surface area contributed by atoms with E-state index >= 15 is 0 Å². The number of aryl methyl sites for hydroxylation is 1. The van der Waals surface area contributed by atoms with Gasteiger partial charge in [0.25, 0.3) is 0 Å². The van der Waals surface area contributed by atoms with Gasteiger partial charge in [0.1, 0.15) is 11.2 Å². The molecule has 0 bridgehead atoms. The Morgan fingerprint density at radius 2 is 1.51 bits per heavy atom. The van der Waals surface area contributed by atoms with Crippen LogP contribution in [0.3, 0.4) is 0 Å². The number of para-hydroxylation sites is 1. The van der Waals surface area contributed by atoms with Gasteiger partial charge < -0.3 is 9.32 Å². The standard InChI is InChI=1S/C47H45NO/c1-5-7-8-9-11-20-36-30-32-39(33-31-36)48(4)38(19-6-2)23-18-27-40(37-21-12-10-13-22-37)41-24-14-15-26-43(41)46-35(3)29-34-44-42-25-16-17-28-45(42)49-47(44)46/h6-19,21-26,28-34,40H,2,5,20,27H2,1,3-4H3/b8-7-,11-9-,23-18-,38-19+. The molecule has 0 spiro atoms. The normalized spacial score (nSPS) is 12.9. The van der Waals surface area contributed by atoms with E-state index in [-0.39, 0.29) is 5.92 Å². The number of hydrogen-bond donors (Lipinski definition) is 0. The van der Waals surface area contributed by atoms with Crippen molar-refractivity contribution in [2.75, 3.05) is 11.9 Å². The molecule has 6 aromatic rings. The van der Waals surface area contributed by atoms with Crippen molar-refractivity contribution in [3.8, 4) is 11.1 Å². The first-order chi connectivity index (χ1) is 24.1. The fraction of sp³-hybridized carbons (Fsp3) is 0.149. The molecule has 0 aliphatic rings. The Morgan fingerprint density at radius 3 is 2.31 bits per heavy atom. The van der Waals surface area contributed by atoms with E-state index < -0.39 is 0 Å². The fourth-order valence-electron chi connectivity index (χ4n) is 6.61. The molecule has 0 radical (unpaired) electrons. The van der Waals surface area contributed by atoms with Gasteiger partial charge >= 0.3 is 0 Å². The van der Waals surface area contributed by atoms with E-state index in [0.717, 1.165) is 58.1 Å². The molecule has 0 aliphatic heterocycles. The highest BCUT2D eigenvalue weighted by molar-refractivity contribution is 6.10. The highest BCUT2D eigenvalue weighted by Crippen LogP contribution is 2.42. The van der Waals surface area contributed by atoms with Gasteiger partial charge in [0.2, 0.25) is 0 Å². The number of likely N-dealkylation sites (N-methyl/N-ethyl adjacent to an activating group) is 1. The minimum absolute atomic E-state index is 0.141. The highest BCUT2D eigenvalue weighted by Gasteiger charge is 2.22. The first-order valence-electron chi connectivity index (χ1n) is 17.3. The van der Waals surface area contributed by atoms with Crippen molar-refractivity contribution in [1.29, 1.82) is 0 Å². The van der Waals surface area contributed by atoms with Crippen LogP contribution in [0.25, 0.3) is 33.1 Å². The van der Waals surface area contributed by atoms with Crippen LogP contribution >= 0.6 is 0 Å². The number of nitrogens with zero attached hydrogens (tertiary/aromatic N) is 1. The Kier molecular flexibility index (Phi) is 10.9. The second-order valence-electron chi connectivity index (χ2n) is 12.4. The first-order valence-corrected chi connectivity index (χ1v) is 17.3. The van der Waals surface area contributed by atoms with E-state index in [1.165, 1.54) is 27.8 Å². The highest BCUT2D eigenvalue weighted by atomic mass is 16.3. The number of allylic oxidation sites excluding steroid dienone is 8. The Hall–Kier alpha value is -5.60. The van der Waals surface area contributed by atoms with Gasteiger partial charge in [-0.15, -0.1) is 0 Å². The van der Waals surface area contributed by atoms with Gasteiger partial charge in [0.15, 0.2) is 0 Å². The molecule has 1 unspecified atom stereocenters. The summed E-state index contributed by atoms with van der Waals surface area (Å²) in [7, 11) is 2.12. The van der Waals surface area contributed by atoms with Crippen LogP contribution in [-0.2, 0) is 6.42 Å². The number of benzene rings is 5. The number of hydrogen-bond acceptors (Lipinski definition) is 2. The third kappa shape index (κ3) is 7.60. The molecule has 1 atom stereocenters. The van der Waals surface area contributed by atoms with Gasteiger partial charge in [-0.3, -0.25) is 0 Å². The van der Waals surface area contributed by atoms with Crippen molar-refractivity contribution in [1.82, 2.24) is 0 Å². The fourth-order valence-corrected chi connectivity index (χ4v) is 6.61. The lowest BCUT2D eigenvalue weighted by atomic mass is 9.82. The molecule has 244 valence electrons. The molecule has 2 nitrogen and oxygen atoms in total. The largest absolute Gasteiger partial charge is 0.455 e. The third-order valence-corrected chi connectivity index (χ3v) is 9.20. The van der Waals surface area contributed by atoms with Crippen molar-refractivity contribution in [2.45, 2.75) is 39.0 Å². The number of rotatable bonds is 13. The zero-order valence-corrected chi connectivity index (χ0v) is 28.8. The molecule has 0 fully saturated rings. The molecule has 0 amide bonds. The lowest BCUT2D eigenvalue weighted by Crippen LogP contribution is -2.15. The van der Waals surface area contributed by atoms with Crippen LogP contribution in [0.1, 0.15) is 47.9 Å². The number of fused-ring (bicyclic) bond motifs is 3. The van der Waals surface area contributed by atoms with Crippen LogP contribution in [0.5, 0.6) is 0 Å². The Morgan fingerprint density at radius 1 is 0.776 bits per heavy atom. The summed E-state index contributed by atoms with van der Waals surface area (Å²) in [6.45, 7) is 8.36. The minimum Gasteiger partial charge on any atom is -0.455 e. The van der Waals surface area contributed by atoms with E-state index in [1.54, 1.807) is 0 Å². The zero-order valence-electron chi connectivity index (χ0n) is 28.8. The van der Waals surface area contributed by atoms with Gasteiger partial charge in [-0.25, -0.2) is 0 Å². The van der Waals surface area contributed by atoms with Crippen molar-refractivity contribution >= 4 is 27.6 Å². The van der Waals surface area contributed by atoms with Gasteiger partial charge in [0, 0.05) is 40.7 Å². The van der Waals surface area contributed by atoms with Crippen LogP contribution < -0.4 is 4.90 Å². The van der Waals surface area contributed by atoms with E-state index in [2.05, 4.69) is 184 Å². The molecule has 6 rings (SSSR count). The maximum Gasteiger partial charge on any atom is 0.143 e. The third-order valence-electron chi connectivity index (χ3n) is 9.20. The van der Waals surface area contributed by atoms with Crippen molar-refractivity contribution in [3.63, 3.8) is 0 Å². The average Bonchev–Trinajstić information content (AvgIpc) is 3.52. The predicted octanol–water partition coefficient (Wildman–Crippen LogP) is 12.9. The van der Waals surface area contributed by atoms with E-state index in [9.17, 15) is 0 Å². The SMILES string of the molecule is C=C/C=C(\C=C/CC(c1ccccc1)c1ccccc1-c1c(C)ccc2c1oc1ccccc12)N(C)c1ccc(C/C=C\C=C/CC)cc1. The Bertz CT molecular complexity index is 2140. The first kappa shape index (κ1) is 33.3. The molecule has 49 heavy (non-hydrogen) atoms. The second kappa shape index (κ2) is 16.0. The quantitative estimate of drug-likeness (QED) is 0.117. The summed E-state index contributed by atoms with van der Waals surface area (Å²) in [6.07, 6.45) is 19.9. The van der Waals surface area contributed by atoms with Gasteiger partial charge in [-0.05, 0) is 84.4 Å². The van der Waals surface area contributed by atoms with Crippen molar-refractivity contribution in [2.24, 2.45) is 0 Å². The summed E-state index contributed by atoms with van der Waals surface area (Å²) >= 11 is 0. The van der Waals surface area contributed by atoms with Gasteiger partial charge in [-0.1, -0.05) is 147 Å². The van der Waals surface area contributed by atoms with E-state index in [1.807, 2.05) is 12.1 Å². The summed E-state index contributed by atoms with van der Waals surface area (Å²) < 4.78 is 6.57. The predicted molar refractivity (Wildman–Crippen MR) is 211 cm³/mol. The molecule has 0 saturated carbocycles. The van der Waals surface area contributed by atoms with Crippen LogP contribution in [-0.4, -0.2) is 7.05 Å². The Labute approximate surface area is 291 Å². The maximum atomic E-state index is 6.57. The van der Waals surface area contributed by atoms with Crippen molar-refractivity contribution in [3.05, 3.63) is 198 Å². The molecule has 0 saturated heterocycles. The lowest BCUT2D eigenvalue weighted by Gasteiger charge is -2.23. The Balaban J connectivity index is 1.31. The van der Waals surface area contributed by atoms with Gasteiger partial charge in [0.05, 0.1) is 0 Å². The van der Waals surface area contributed by atoms with Crippen LogP contribution in [0, 0.1) is 6.92 Å². The summed E-state index contributed by atoms with van der Waals surface area (Å²) in [5.41, 5.74) is 11.5. The summed E-state index contributed by atoms with van der Waals surface area (Å²) in [5, 5.41) is 2.30. The van der Waals surface area contributed by atoms with E-state index in [4.69, 9.17) is 4.42 Å². The second-order valence-corrected chi connectivity index (χ2v) is 12.4. The molecule has 5 aromatic carbocycles. The smallest absolute Gasteiger partial charge is 0.143 e. The summed E-state index contributed by atoms with van der Waals surface area (Å²) in [6, 6.07) is 41.2. The van der Waals surface area contributed by atoms with Crippen LogP contribution in [0.2, 0.25) is 0 Å².